The van der Waals surface area contributed by atoms with Gasteiger partial charge in [-0.05, 0) is 49.1 Å². The van der Waals surface area contributed by atoms with E-state index in [1.165, 1.54) is 0 Å². The number of fused-ring (bicyclic) bond motifs is 3. The number of aromatic nitrogens is 3. The number of rotatable bonds is 5. The van der Waals surface area contributed by atoms with Crippen molar-refractivity contribution in [2.75, 3.05) is 18.2 Å². The maximum absolute atomic E-state index is 6.20. The van der Waals surface area contributed by atoms with Crippen molar-refractivity contribution in [3.8, 4) is 11.3 Å². The average molecular weight is 455 g/mol. The molecule has 1 aromatic carbocycles. The molecule has 3 aromatic rings. The third-order valence-corrected chi connectivity index (χ3v) is 7.27. The summed E-state index contributed by atoms with van der Waals surface area (Å²) in [5.74, 6) is 8.25. The maximum atomic E-state index is 6.20. The van der Waals surface area contributed by atoms with Crippen molar-refractivity contribution in [2.24, 2.45) is 11.8 Å². The highest BCUT2D eigenvalue weighted by Crippen LogP contribution is 2.67. The summed E-state index contributed by atoms with van der Waals surface area (Å²) in [4.78, 5) is 19.0. The van der Waals surface area contributed by atoms with Crippen LogP contribution in [0.4, 0.5) is 11.8 Å². The summed E-state index contributed by atoms with van der Waals surface area (Å²) in [6, 6.07) is 10.0. The second-order valence-corrected chi connectivity index (χ2v) is 8.93. The average Bonchev–Trinajstić information content (AvgIpc) is 3.49. The van der Waals surface area contributed by atoms with Crippen LogP contribution in [0.3, 0.4) is 0 Å². The van der Waals surface area contributed by atoms with Gasteiger partial charge in [-0.1, -0.05) is 25.1 Å². The summed E-state index contributed by atoms with van der Waals surface area (Å²) in [6.45, 7) is 3.99. The van der Waals surface area contributed by atoms with Crippen molar-refractivity contribution in [3.05, 3.63) is 70.8 Å². The molecule has 1 aliphatic heterocycles. The fourth-order valence-electron chi connectivity index (χ4n) is 5.68. The predicted octanol–water partition coefficient (Wildman–Crippen LogP) is 4.33. The second kappa shape index (κ2) is 7.30. The zero-order chi connectivity index (χ0) is 23.6. The van der Waals surface area contributed by atoms with Crippen LogP contribution in [0.15, 0.2) is 65.3 Å². The summed E-state index contributed by atoms with van der Waals surface area (Å²) >= 11 is 0. The van der Waals surface area contributed by atoms with Gasteiger partial charge in [-0.2, -0.15) is 10.9 Å². The Morgan fingerprint density at radius 3 is 2.82 bits per heavy atom. The van der Waals surface area contributed by atoms with Gasteiger partial charge in [0.2, 0.25) is 5.95 Å². The van der Waals surface area contributed by atoms with E-state index in [9.17, 15) is 0 Å². The zero-order valence-corrected chi connectivity index (χ0v) is 19.3. The van der Waals surface area contributed by atoms with Crippen LogP contribution >= 0.6 is 0 Å². The van der Waals surface area contributed by atoms with Crippen LogP contribution in [-0.2, 0) is 9.57 Å². The van der Waals surface area contributed by atoms with Crippen molar-refractivity contribution in [1.82, 2.24) is 15.0 Å². The molecule has 2 unspecified atom stereocenters. The molecule has 3 heterocycles. The van der Waals surface area contributed by atoms with Gasteiger partial charge in [0.05, 0.1) is 23.9 Å². The number of nitrogen functional groups attached to an aromatic ring is 1. The highest BCUT2D eigenvalue weighted by molar-refractivity contribution is 6.04. The number of hydrogen-bond acceptors (Lipinski definition) is 8. The predicted molar refractivity (Wildman–Crippen MR) is 132 cm³/mol. The number of ether oxygens (including phenoxy) is 1. The minimum absolute atomic E-state index is 0.208. The molecule has 6 rings (SSSR count). The van der Waals surface area contributed by atoms with E-state index in [-0.39, 0.29) is 17.4 Å². The van der Waals surface area contributed by atoms with Gasteiger partial charge in [0.1, 0.15) is 17.3 Å². The molecule has 0 radical (unpaired) electrons. The lowest BCUT2D eigenvalue weighted by Gasteiger charge is -2.25. The molecule has 5 N–H and O–H groups in total. The standard InChI is InChI=1S/C26H26N6O2/c1-4-14(13(2)34-28)21-18-12-26(18)17(11-20(21)33-3)22-23(30-25(27)31-24(22)32-26)16-9-10-29-19-8-6-5-7-15(16)19/h5-11,18H,4,12,28H2,1-3H3,(H3,27,30,31,32). The first-order valence-electron chi connectivity index (χ1n) is 11.4. The van der Waals surface area contributed by atoms with Crippen LogP contribution in [0.25, 0.3) is 27.7 Å². The van der Waals surface area contributed by atoms with Gasteiger partial charge in [0, 0.05) is 34.2 Å². The van der Waals surface area contributed by atoms with Gasteiger partial charge in [0.25, 0.3) is 0 Å². The van der Waals surface area contributed by atoms with E-state index in [1.807, 2.05) is 37.4 Å². The number of hydrogen-bond donors (Lipinski definition) is 3. The first kappa shape index (κ1) is 20.7. The highest BCUT2D eigenvalue weighted by atomic mass is 16.6. The number of nitrogens with two attached hydrogens (primary N) is 2. The smallest absolute Gasteiger partial charge is 0.222 e. The van der Waals surface area contributed by atoms with Crippen LogP contribution in [-0.4, -0.2) is 27.6 Å². The van der Waals surface area contributed by atoms with Crippen LogP contribution in [0.1, 0.15) is 32.3 Å². The van der Waals surface area contributed by atoms with Crippen LogP contribution in [0, 0.1) is 5.92 Å². The quantitative estimate of drug-likeness (QED) is 0.385. The SMILES string of the molecule is CCC(=C(C)ON)C1=C(OC)C=C2c3c(nc(N)nc3-c3ccnc4ccccc34)NC23CC13. The van der Waals surface area contributed by atoms with Crippen molar-refractivity contribution < 1.29 is 9.57 Å². The molecule has 8 heteroatoms. The maximum Gasteiger partial charge on any atom is 0.222 e. The van der Waals surface area contributed by atoms with Crippen molar-refractivity contribution in [3.63, 3.8) is 0 Å². The molecule has 0 amide bonds. The van der Waals surface area contributed by atoms with E-state index >= 15 is 0 Å². The van der Waals surface area contributed by atoms with Gasteiger partial charge in [-0.15, -0.1) is 0 Å². The van der Waals surface area contributed by atoms with Gasteiger partial charge in [-0.3, -0.25) is 4.98 Å². The van der Waals surface area contributed by atoms with E-state index in [0.717, 1.165) is 68.9 Å². The van der Waals surface area contributed by atoms with Crippen LogP contribution < -0.4 is 16.9 Å². The number of allylic oxidation sites excluding steroid dienone is 3. The Morgan fingerprint density at radius 2 is 2.06 bits per heavy atom. The summed E-state index contributed by atoms with van der Waals surface area (Å²) in [7, 11) is 1.70. The summed E-state index contributed by atoms with van der Waals surface area (Å²) in [5.41, 5.74) is 12.9. The van der Waals surface area contributed by atoms with Crippen molar-refractivity contribution >= 4 is 28.2 Å². The molecule has 0 saturated heterocycles. The first-order valence-corrected chi connectivity index (χ1v) is 11.4. The molecule has 1 spiro atoms. The van der Waals surface area contributed by atoms with Crippen LogP contribution in [0.5, 0.6) is 0 Å². The third-order valence-electron chi connectivity index (χ3n) is 7.27. The minimum atomic E-state index is -0.269. The normalized spacial score (nSPS) is 22.8. The van der Waals surface area contributed by atoms with Crippen LogP contribution in [0.2, 0.25) is 0 Å². The second-order valence-electron chi connectivity index (χ2n) is 8.93. The van der Waals surface area contributed by atoms with E-state index in [4.69, 9.17) is 26.2 Å². The monoisotopic (exact) mass is 454 g/mol. The molecule has 2 aromatic heterocycles. The molecule has 2 aliphatic carbocycles. The van der Waals surface area contributed by atoms with Gasteiger partial charge >= 0.3 is 0 Å². The molecule has 3 aliphatic rings. The number of methoxy groups -OCH3 is 1. The molecule has 1 saturated carbocycles. The summed E-state index contributed by atoms with van der Waals surface area (Å²) < 4.78 is 5.91. The lowest BCUT2D eigenvalue weighted by molar-refractivity contribution is 0.217. The molecule has 8 nitrogen and oxygen atoms in total. The summed E-state index contributed by atoms with van der Waals surface area (Å²) in [6.07, 6.45) is 5.62. The van der Waals surface area contributed by atoms with Crippen molar-refractivity contribution in [1.29, 1.82) is 0 Å². The highest BCUT2D eigenvalue weighted by Gasteiger charge is 2.65. The molecular formula is C26H26N6O2. The van der Waals surface area contributed by atoms with Gasteiger partial charge < -0.3 is 20.6 Å². The summed E-state index contributed by atoms with van der Waals surface area (Å²) in [5, 5.41) is 4.72. The zero-order valence-electron chi connectivity index (χ0n) is 19.3. The lowest BCUT2D eigenvalue weighted by Crippen LogP contribution is -2.24. The van der Waals surface area contributed by atoms with E-state index in [0.29, 0.717) is 5.76 Å². The largest absolute Gasteiger partial charge is 0.496 e. The van der Waals surface area contributed by atoms with E-state index in [1.54, 1.807) is 7.11 Å². The fourth-order valence-corrected chi connectivity index (χ4v) is 5.68. The number of para-hydroxylation sites is 1. The molecular weight excluding hydrogens is 428 g/mol. The molecule has 172 valence electrons. The molecule has 0 bridgehead atoms. The third kappa shape index (κ3) is 2.72. The van der Waals surface area contributed by atoms with E-state index < -0.39 is 0 Å². The van der Waals surface area contributed by atoms with E-state index in [2.05, 4.69) is 34.4 Å². The molecule has 1 fully saturated rings. The van der Waals surface area contributed by atoms with Crippen molar-refractivity contribution in [2.45, 2.75) is 32.2 Å². The Hall–Kier alpha value is -3.91. The topological polar surface area (TPSA) is 121 Å². The number of nitrogens with zero attached hydrogens (tertiary/aromatic N) is 3. The molecule has 34 heavy (non-hydrogen) atoms. The number of anilines is 2. The Bertz CT molecular complexity index is 1450. The Morgan fingerprint density at radius 1 is 1.24 bits per heavy atom. The number of benzene rings is 1. The Balaban J connectivity index is 1.61. The lowest BCUT2D eigenvalue weighted by atomic mass is 9.85. The molecule has 2 atom stereocenters. The van der Waals surface area contributed by atoms with Gasteiger partial charge in [0.15, 0.2) is 0 Å². The fraction of sp³-hybridized carbons (Fsp3) is 0.269. The number of nitrogens with one attached hydrogen (secondary N) is 1. The Kier molecular flexibility index (Phi) is 4.44. The minimum Gasteiger partial charge on any atom is -0.496 e. The Labute approximate surface area is 197 Å². The number of pyridine rings is 1. The first-order chi connectivity index (χ1) is 16.5. The van der Waals surface area contributed by atoms with Gasteiger partial charge in [-0.25, -0.2) is 4.98 Å².